The van der Waals surface area contributed by atoms with Crippen molar-refractivity contribution in [1.82, 2.24) is 4.57 Å². The van der Waals surface area contributed by atoms with Gasteiger partial charge < -0.3 is 5.73 Å². The number of imidazole rings is 1. The molecule has 4 nitrogen and oxygen atoms in total. The maximum absolute atomic E-state index is 13.0. The highest BCUT2D eigenvalue weighted by Crippen LogP contribution is 2.36. The summed E-state index contributed by atoms with van der Waals surface area (Å²) in [4.78, 5) is 14.2. The number of benzene rings is 2. The van der Waals surface area contributed by atoms with E-state index in [9.17, 15) is 4.79 Å². The van der Waals surface area contributed by atoms with Crippen LogP contribution in [0.5, 0.6) is 0 Å². The molecule has 162 valence electrons. The van der Waals surface area contributed by atoms with Crippen molar-refractivity contribution in [3.63, 3.8) is 0 Å². The molecule has 1 amide bonds. The van der Waals surface area contributed by atoms with Crippen LogP contribution >= 0.6 is 11.3 Å². The minimum absolute atomic E-state index is 0.327. The molecular weight excluding hydrogens is 414 g/mol. The third kappa shape index (κ3) is 4.43. The molecule has 0 aliphatic rings. The number of thiophene rings is 1. The Kier molecular flexibility index (Phi) is 6.66. The van der Waals surface area contributed by atoms with Crippen LogP contribution in [0.2, 0.25) is 0 Å². The average molecular weight is 443 g/mol. The van der Waals surface area contributed by atoms with Gasteiger partial charge in [0.05, 0.1) is 6.54 Å². The van der Waals surface area contributed by atoms with Crippen LogP contribution in [-0.4, -0.2) is 10.5 Å². The standard InChI is InChI=1S/C27H27N3OS/c1-22-29(17-8-14-25-15-9-21-32-25)19-20-30(22)18-16-27(26(28)31,23-10-4-2-5-11-23)24-12-6-3-7-13-24/h2-15,19-21H,16-18H2,1H3,(H-,28,31)/p+1/b14-8+. The van der Waals surface area contributed by atoms with E-state index in [1.807, 2.05) is 60.7 Å². The third-order valence-corrected chi connectivity index (χ3v) is 6.90. The Morgan fingerprint density at radius 1 is 1.03 bits per heavy atom. The Hall–Kier alpha value is -3.44. The summed E-state index contributed by atoms with van der Waals surface area (Å²) in [6.07, 6.45) is 9.07. The van der Waals surface area contributed by atoms with E-state index < -0.39 is 5.41 Å². The third-order valence-electron chi connectivity index (χ3n) is 6.07. The Balaban J connectivity index is 1.59. The van der Waals surface area contributed by atoms with Crippen LogP contribution in [-0.2, 0) is 23.3 Å². The van der Waals surface area contributed by atoms with Crippen LogP contribution in [0.4, 0.5) is 0 Å². The van der Waals surface area contributed by atoms with E-state index in [2.05, 4.69) is 58.1 Å². The summed E-state index contributed by atoms with van der Waals surface area (Å²) in [7, 11) is 0. The lowest BCUT2D eigenvalue weighted by Gasteiger charge is -2.31. The fraction of sp³-hybridized carbons (Fsp3) is 0.185. The zero-order valence-electron chi connectivity index (χ0n) is 18.2. The van der Waals surface area contributed by atoms with Crippen molar-refractivity contribution in [1.29, 1.82) is 0 Å². The Labute approximate surface area is 193 Å². The molecule has 0 aliphatic carbocycles. The Bertz CT molecular complexity index is 1140. The average Bonchev–Trinajstić information content (AvgIpc) is 3.46. The number of carbonyl (C=O) groups is 1. The predicted octanol–water partition coefficient (Wildman–Crippen LogP) is 4.72. The fourth-order valence-corrected chi connectivity index (χ4v) is 4.88. The van der Waals surface area contributed by atoms with Gasteiger partial charge in [0.25, 0.3) is 5.82 Å². The zero-order valence-corrected chi connectivity index (χ0v) is 19.0. The molecule has 0 bridgehead atoms. The minimum Gasteiger partial charge on any atom is -0.369 e. The molecule has 0 spiro atoms. The highest BCUT2D eigenvalue weighted by atomic mass is 32.1. The quantitative estimate of drug-likeness (QED) is 0.375. The number of rotatable bonds is 9. The van der Waals surface area contributed by atoms with Crippen molar-refractivity contribution in [2.75, 3.05) is 0 Å². The highest BCUT2D eigenvalue weighted by Gasteiger charge is 2.40. The Morgan fingerprint density at radius 3 is 2.25 bits per heavy atom. The van der Waals surface area contributed by atoms with Crippen molar-refractivity contribution in [2.45, 2.75) is 31.8 Å². The number of nitrogens with two attached hydrogens (primary N) is 1. The van der Waals surface area contributed by atoms with E-state index in [1.165, 1.54) is 4.88 Å². The largest absolute Gasteiger partial charge is 0.369 e. The number of allylic oxidation sites excluding steroid dienone is 1. The molecule has 2 aromatic carbocycles. The SMILES string of the molecule is Cc1n(CCC(C(N)=O)(c2ccccc2)c2ccccc2)cc[n+]1C/C=C/c1cccs1. The van der Waals surface area contributed by atoms with Gasteiger partial charge in [0.1, 0.15) is 24.4 Å². The zero-order chi connectivity index (χ0) is 22.4. The number of nitrogens with zero attached hydrogens (tertiary/aromatic N) is 2. The van der Waals surface area contributed by atoms with Gasteiger partial charge in [-0.05, 0) is 34.7 Å². The van der Waals surface area contributed by atoms with Crippen molar-refractivity contribution in [3.05, 3.63) is 118 Å². The molecule has 5 heteroatoms. The van der Waals surface area contributed by atoms with Gasteiger partial charge in [-0.25, -0.2) is 9.13 Å². The summed E-state index contributed by atoms with van der Waals surface area (Å²) in [6, 6.07) is 23.9. The van der Waals surface area contributed by atoms with Crippen molar-refractivity contribution < 1.29 is 9.36 Å². The fourth-order valence-electron chi connectivity index (χ4n) is 4.24. The highest BCUT2D eigenvalue weighted by molar-refractivity contribution is 7.10. The molecule has 0 unspecified atom stereocenters. The van der Waals surface area contributed by atoms with Crippen LogP contribution < -0.4 is 10.3 Å². The molecule has 32 heavy (non-hydrogen) atoms. The molecule has 0 saturated heterocycles. The number of aryl methyl sites for hydroxylation is 1. The summed E-state index contributed by atoms with van der Waals surface area (Å²) in [5, 5.41) is 2.08. The second-order valence-electron chi connectivity index (χ2n) is 7.86. The normalized spacial score (nSPS) is 11.8. The van der Waals surface area contributed by atoms with Crippen LogP contribution in [0.1, 0.15) is 28.2 Å². The first-order valence-electron chi connectivity index (χ1n) is 10.8. The molecule has 0 aliphatic heterocycles. The topological polar surface area (TPSA) is 51.9 Å². The first-order valence-corrected chi connectivity index (χ1v) is 11.7. The summed E-state index contributed by atoms with van der Waals surface area (Å²) >= 11 is 1.73. The summed E-state index contributed by atoms with van der Waals surface area (Å²) < 4.78 is 4.41. The molecule has 4 aromatic rings. The van der Waals surface area contributed by atoms with Gasteiger partial charge in [-0.1, -0.05) is 66.7 Å². The molecular formula is C27H28N3OS+. The van der Waals surface area contributed by atoms with Crippen LogP contribution in [0.25, 0.3) is 6.08 Å². The molecule has 2 N–H and O–H groups in total. The first kappa shape index (κ1) is 21.8. The summed E-state index contributed by atoms with van der Waals surface area (Å²) in [5.74, 6) is 0.812. The van der Waals surface area contributed by atoms with Gasteiger partial charge in [0, 0.05) is 18.2 Å². The van der Waals surface area contributed by atoms with E-state index in [0.29, 0.717) is 13.0 Å². The minimum atomic E-state index is -0.886. The van der Waals surface area contributed by atoms with Crippen molar-refractivity contribution in [3.8, 4) is 0 Å². The molecule has 0 radical (unpaired) electrons. The van der Waals surface area contributed by atoms with Crippen LogP contribution in [0.15, 0.2) is 96.6 Å². The van der Waals surface area contributed by atoms with E-state index in [4.69, 9.17) is 5.73 Å². The molecule has 0 saturated carbocycles. The first-order chi connectivity index (χ1) is 15.6. The Morgan fingerprint density at radius 2 is 1.69 bits per heavy atom. The molecule has 0 fully saturated rings. The van der Waals surface area contributed by atoms with E-state index >= 15 is 0 Å². The lowest BCUT2D eigenvalue weighted by molar-refractivity contribution is -0.692. The number of carbonyl (C=O) groups excluding carboxylic acids is 1. The van der Waals surface area contributed by atoms with Gasteiger partial charge in [0.2, 0.25) is 5.91 Å². The summed E-state index contributed by atoms with van der Waals surface area (Å²) in [5.41, 5.74) is 7.06. The molecule has 2 aromatic heterocycles. The van der Waals surface area contributed by atoms with Gasteiger partial charge >= 0.3 is 0 Å². The van der Waals surface area contributed by atoms with E-state index in [-0.39, 0.29) is 5.91 Å². The van der Waals surface area contributed by atoms with Crippen LogP contribution in [0.3, 0.4) is 0 Å². The van der Waals surface area contributed by atoms with Crippen molar-refractivity contribution in [2.24, 2.45) is 5.73 Å². The number of hydrogen-bond donors (Lipinski definition) is 1. The van der Waals surface area contributed by atoms with Gasteiger partial charge in [0.15, 0.2) is 0 Å². The smallest absolute Gasteiger partial charge is 0.253 e. The van der Waals surface area contributed by atoms with Gasteiger partial charge in [-0.2, -0.15) is 0 Å². The van der Waals surface area contributed by atoms with Gasteiger partial charge in [-0.3, -0.25) is 4.79 Å². The number of amides is 1. The maximum Gasteiger partial charge on any atom is 0.253 e. The summed E-state index contributed by atoms with van der Waals surface area (Å²) in [6.45, 7) is 3.59. The van der Waals surface area contributed by atoms with Gasteiger partial charge in [-0.15, -0.1) is 11.3 Å². The lowest BCUT2D eigenvalue weighted by atomic mass is 9.71. The molecule has 0 atom stereocenters. The molecule has 2 heterocycles. The maximum atomic E-state index is 13.0. The van der Waals surface area contributed by atoms with Crippen molar-refractivity contribution >= 4 is 23.3 Å². The monoisotopic (exact) mass is 442 g/mol. The second kappa shape index (κ2) is 9.79. The predicted molar refractivity (Wildman–Crippen MR) is 130 cm³/mol. The number of aromatic nitrogens is 2. The number of hydrogen-bond acceptors (Lipinski definition) is 2. The lowest BCUT2D eigenvalue weighted by Crippen LogP contribution is -2.43. The van der Waals surface area contributed by atoms with E-state index in [0.717, 1.165) is 23.5 Å². The number of primary amides is 1. The second-order valence-corrected chi connectivity index (χ2v) is 8.84. The van der Waals surface area contributed by atoms with E-state index in [1.54, 1.807) is 11.3 Å². The van der Waals surface area contributed by atoms with Crippen LogP contribution in [0, 0.1) is 6.92 Å². The molecule has 4 rings (SSSR count).